The number of benzene rings is 2. The number of carbonyl (C=O) groups is 3. The van der Waals surface area contributed by atoms with Gasteiger partial charge in [0, 0.05) is 24.3 Å². The van der Waals surface area contributed by atoms with E-state index in [0.29, 0.717) is 11.3 Å². The number of nitrogens with zero attached hydrogens (tertiary/aromatic N) is 2. The van der Waals surface area contributed by atoms with E-state index in [-0.39, 0.29) is 48.2 Å². The molecule has 0 aromatic heterocycles. The molecule has 0 spiro atoms. The molecule has 11 heteroatoms. The maximum Gasteiger partial charge on any atom is 0.348 e. The maximum atomic E-state index is 12.9. The number of rotatable bonds is 7. The zero-order valence-electron chi connectivity index (χ0n) is 18.3. The molecule has 2 N–H and O–H groups in total. The number of hydrogen-bond donors (Lipinski definition) is 2. The molecule has 2 amide bonds. The Bertz CT molecular complexity index is 1280. The molecular weight excluding hydrogens is 460 g/mol. The van der Waals surface area contributed by atoms with Gasteiger partial charge in [-0.15, -0.1) is 0 Å². The van der Waals surface area contributed by atoms with Crippen LogP contribution in [-0.4, -0.2) is 56.7 Å². The van der Waals surface area contributed by atoms with Crippen molar-refractivity contribution in [2.24, 2.45) is 0 Å². The summed E-state index contributed by atoms with van der Waals surface area (Å²) < 4.78 is 31.6. The van der Waals surface area contributed by atoms with Crippen LogP contribution in [0.2, 0.25) is 0 Å². The lowest BCUT2D eigenvalue weighted by atomic mass is 10.1. The standard InChI is InChI=1S/C23H22N4O6S/c1-2-33-23(30)18(14-24)12-16-6-8-19(9-7-16)26-22(29)17-4-3-5-20(13-17)34(31,32)27-11-10-25-21(28)15-27/h3-9,12-13H,2,10-11,15H2,1H3,(H,25,28)(H,26,29)/b18-12+. The lowest BCUT2D eigenvalue weighted by Gasteiger charge is -2.26. The summed E-state index contributed by atoms with van der Waals surface area (Å²) in [5.74, 6) is -1.63. The number of esters is 1. The van der Waals surface area contributed by atoms with E-state index in [2.05, 4.69) is 10.6 Å². The second-order valence-electron chi connectivity index (χ2n) is 7.18. The van der Waals surface area contributed by atoms with Crippen LogP contribution in [0.1, 0.15) is 22.8 Å². The van der Waals surface area contributed by atoms with E-state index in [1.54, 1.807) is 37.3 Å². The van der Waals surface area contributed by atoms with Crippen molar-refractivity contribution in [1.82, 2.24) is 9.62 Å². The number of ether oxygens (including phenoxy) is 1. The van der Waals surface area contributed by atoms with Crippen LogP contribution in [0.4, 0.5) is 5.69 Å². The average molecular weight is 483 g/mol. The van der Waals surface area contributed by atoms with Crippen molar-refractivity contribution < 1.29 is 27.5 Å². The van der Waals surface area contributed by atoms with Gasteiger partial charge in [0.2, 0.25) is 15.9 Å². The fourth-order valence-electron chi connectivity index (χ4n) is 3.15. The molecule has 0 bridgehead atoms. The lowest BCUT2D eigenvalue weighted by molar-refractivity contribution is -0.137. The van der Waals surface area contributed by atoms with Crippen molar-refractivity contribution in [3.8, 4) is 6.07 Å². The van der Waals surface area contributed by atoms with E-state index in [1.165, 1.54) is 30.3 Å². The van der Waals surface area contributed by atoms with Gasteiger partial charge >= 0.3 is 5.97 Å². The molecule has 0 aliphatic carbocycles. The van der Waals surface area contributed by atoms with Gasteiger partial charge in [0.05, 0.1) is 18.0 Å². The van der Waals surface area contributed by atoms with Gasteiger partial charge in [0.25, 0.3) is 5.91 Å². The van der Waals surface area contributed by atoms with Crippen molar-refractivity contribution in [3.63, 3.8) is 0 Å². The smallest absolute Gasteiger partial charge is 0.348 e. The van der Waals surface area contributed by atoms with E-state index in [4.69, 9.17) is 10.00 Å². The first-order chi connectivity index (χ1) is 16.2. The summed E-state index contributed by atoms with van der Waals surface area (Å²) in [5, 5.41) is 14.4. The quantitative estimate of drug-likeness (QED) is 0.346. The molecule has 0 unspecified atom stereocenters. The van der Waals surface area contributed by atoms with Crippen LogP contribution in [0, 0.1) is 11.3 Å². The Morgan fingerprint density at radius 1 is 1.24 bits per heavy atom. The third-order valence-corrected chi connectivity index (χ3v) is 6.67. The Hall–Kier alpha value is -4.01. The zero-order valence-corrected chi connectivity index (χ0v) is 19.1. The second-order valence-corrected chi connectivity index (χ2v) is 9.12. The first kappa shape index (κ1) is 24.6. The third kappa shape index (κ3) is 5.86. The van der Waals surface area contributed by atoms with Crippen LogP contribution in [0.5, 0.6) is 0 Å². The van der Waals surface area contributed by atoms with Crippen molar-refractivity contribution in [2.75, 3.05) is 31.6 Å². The van der Waals surface area contributed by atoms with Gasteiger partial charge in [-0.3, -0.25) is 9.59 Å². The second kappa shape index (κ2) is 10.7. The van der Waals surface area contributed by atoms with E-state index in [0.717, 1.165) is 4.31 Å². The summed E-state index contributed by atoms with van der Waals surface area (Å²) in [4.78, 5) is 35.9. The predicted molar refractivity (Wildman–Crippen MR) is 123 cm³/mol. The van der Waals surface area contributed by atoms with Crippen molar-refractivity contribution in [1.29, 1.82) is 5.26 Å². The van der Waals surface area contributed by atoms with Gasteiger partial charge in [0.15, 0.2) is 0 Å². The molecule has 2 aromatic rings. The predicted octanol–water partition coefficient (Wildman–Crippen LogP) is 1.53. The van der Waals surface area contributed by atoms with Gasteiger partial charge < -0.3 is 15.4 Å². The minimum Gasteiger partial charge on any atom is -0.462 e. The Labute approximate surface area is 196 Å². The van der Waals surface area contributed by atoms with Crippen LogP contribution >= 0.6 is 0 Å². The van der Waals surface area contributed by atoms with E-state index >= 15 is 0 Å². The molecule has 1 fully saturated rings. The topological polar surface area (TPSA) is 146 Å². The SMILES string of the molecule is CCOC(=O)/C(C#N)=C/c1ccc(NC(=O)c2cccc(S(=O)(=O)N3CCNC(=O)C3)c2)cc1. The molecule has 1 heterocycles. The summed E-state index contributed by atoms with van der Waals surface area (Å²) in [7, 11) is -3.93. The first-order valence-electron chi connectivity index (χ1n) is 10.3. The molecule has 1 saturated heterocycles. The Morgan fingerprint density at radius 3 is 2.62 bits per heavy atom. The molecule has 0 saturated carbocycles. The molecule has 176 valence electrons. The van der Waals surface area contributed by atoms with Gasteiger partial charge in [-0.25, -0.2) is 13.2 Å². The van der Waals surface area contributed by atoms with Gasteiger partial charge in [-0.2, -0.15) is 9.57 Å². The van der Waals surface area contributed by atoms with Crippen molar-refractivity contribution in [3.05, 3.63) is 65.2 Å². The molecule has 10 nitrogen and oxygen atoms in total. The Kier molecular flexibility index (Phi) is 7.78. The minimum absolute atomic E-state index is 0.0849. The average Bonchev–Trinajstić information content (AvgIpc) is 2.83. The fourth-order valence-corrected chi connectivity index (χ4v) is 4.59. The fraction of sp³-hybridized carbons (Fsp3) is 0.217. The van der Waals surface area contributed by atoms with Crippen molar-refractivity contribution in [2.45, 2.75) is 11.8 Å². The molecule has 0 atom stereocenters. The molecule has 34 heavy (non-hydrogen) atoms. The number of anilines is 1. The van der Waals surface area contributed by atoms with Gasteiger partial charge in [0.1, 0.15) is 11.6 Å². The highest BCUT2D eigenvalue weighted by molar-refractivity contribution is 7.89. The highest BCUT2D eigenvalue weighted by atomic mass is 32.2. The summed E-state index contributed by atoms with van der Waals surface area (Å²) in [6, 6.07) is 13.7. The lowest BCUT2D eigenvalue weighted by Crippen LogP contribution is -2.49. The van der Waals surface area contributed by atoms with Crippen LogP contribution in [0.15, 0.2) is 59.0 Å². The summed E-state index contributed by atoms with van der Waals surface area (Å²) >= 11 is 0. The summed E-state index contributed by atoms with van der Waals surface area (Å²) in [6.07, 6.45) is 1.37. The monoisotopic (exact) mass is 482 g/mol. The molecule has 0 radical (unpaired) electrons. The summed E-state index contributed by atoms with van der Waals surface area (Å²) in [6.45, 7) is 1.89. The number of amides is 2. The Morgan fingerprint density at radius 2 is 1.97 bits per heavy atom. The summed E-state index contributed by atoms with van der Waals surface area (Å²) in [5.41, 5.74) is 0.961. The number of piperazine rings is 1. The molecular formula is C23H22N4O6S. The van der Waals surface area contributed by atoms with E-state index in [9.17, 15) is 22.8 Å². The Balaban J connectivity index is 1.73. The van der Waals surface area contributed by atoms with Crippen LogP contribution in [-0.2, 0) is 24.3 Å². The zero-order chi connectivity index (χ0) is 24.7. The molecule has 1 aliphatic rings. The van der Waals surface area contributed by atoms with E-state index < -0.39 is 21.9 Å². The van der Waals surface area contributed by atoms with Crippen LogP contribution in [0.3, 0.4) is 0 Å². The minimum atomic E-state index is -3.93. The van der Waals surface area contributed by atoms with E-state index in [1.807, 2.05) is 0 Å². The van der Waals surface area contributed by atoms with Gasteiger partial charge in [-0.1, -0.05) is 18.2 Å². The number of carbonyl (C=O) groups excluding carboxylic acids is 3. The number of sulfonamides is 1. The van der Waals surface area contributed by atoms with Crippen LogP contribution in [0.25, 0.3) is 6.08 Å². The third-order valence-electron chi connectivity index (χ3n) is 4.83. The molecule has 3 rings (SSSR count). The highest BCUT2D eigenvalue weighted by Crippen LogP contribution is 2.19. The highest BCUT2D eigenvalue weighted by Gasteiger charge is 2.29. The largest absolute Gasteiger partial charge is 0.462 e. The molecule has 1 aliphatic heterocycles. The van der Waals surface area contributed by atoms with Crippen LogP contribution < -0.4 is 10.6 Å². The first-order valence-corrected chi connectivity index (χ1v) is 11.8. The maximum absolute atomic E-state index is 12.9. The number of nitriles is 1. The normalized spacial score (nSPS) is 14.6. The van der Waals surface area contributed by atoms with Gasteiger partial charge in [-0.05, 0) is 48.9 Å². The van der Waals surface area contributed by atoms with Crippen molar-refractivity contribution >= 4 is 39.6 Å². The number of nitrogens with one attached hydrogen (secondary N) is 2. The molecule has 2 aromatic carbocycles. The number of hydrogen-bond acceptors (Lipinski definition) is 7.